The van der Waals surface area contributed by atoms with E-state index >= 15 is 0 Å². The van der Waals surface area contributed by atoms with Crippen molar-refractivity contribution in [2.75, 3.05) is 20.8 Å². The summed E-state index contributed by atoms with van der Waals surface area (Å²) in [5.74, 6) is 1.86. The Labute approximate surface area is 225 Å². The average Bonchev–Trinajstić information content (AvgIpc) is 2.96. The Bertz CT molecular complexity index is 1610. The number of benzene rings is 3. The van der Waals surface area contributed by atoms with Crippen LogP contribution in [0.3, 0.4) is 0 Å². The lowest BCUT2D eigenvalue weighted by Gasteiger charge is -2.30. The van der Waals surface area contributed by atoms with Gasteiger partial charge >= 0.3 is 0 Å². The number of allylic oxidation sites excluding steroid dienone is 3. The highest BCUT2D eigenvalue weighted by molar-refractivity contribution is 6.05. The van der Waals surface area contributed by atoms with Crippen molar-refractivity contribution in [1.82, 2.24) is 0 Å². The molecule has 0 amide bonds. The van der Waals surface area contributed by atoms with E-state index in [9.17, 15) is 15.0 Å². The van der Waals surface area contributed by atoms with Crippen molar-refractivity contribution in [3.63, 3.8) is 0 Å². The summed E-state index contributed by atoms with van der Waals surface area (Å²) in [6.45, 7) is 0.399. The van der Waals surface area contributed by atoms with Gasteiger partial charge in [-0.2, -0.15) is 0 Å². The van der Waals surface area contributed by atoms with Gasteiger partial charge in [0.25, 0.3) is 0 Å². The van der Waals surface area contributed by atoms with Crippen molar-refractivity contribution in [2.45, 2.75) is 12.3 Å². The molecule has 0 bridgehead atoms. The number of aromatic hydroxyl groups is 1. The lowest BCUT2D eigenvalue weighted by atomic mass is 9.86. The van der Waals surface area contributed by atoms with Gasteiger partial charge in [-0.3, -0.25) is 4.79 Å². The van der Waals surface area contributed by atoms with Crippen LogP contribution in [0, 0.1) is 0 Å². The maximum atomic E-state index is 12.0. The first-order valence-electron chi connectivity index (χ1n) is 12.5. The largest absolute Gasteiger partial charge is 0.508 e. The molecule has 0 fully saturated rings. The predicted molar refractivity (Wildman–Crippen MR) is 145 cm³/mol. The number of aliphatic hydroxyl groups excluding tert-OH is 1. The molecule has 1 aliphatic carbocycles. The highest BCUT2D eigenvalue weighted by Crippen LogP contribution is 2.45. The molecule has 6 rings (SSSR count). The zero-order valence-electron chi connectivity index (χ0n) is 21.4. The average molecular weight is 523 g/mol. The molecule has 3 aromatic rings. The topological polar surface area (TPSA) is 94.5 Å². The smallest absolute Gasteiger partial charge is 0.223 e. The van der Waals surface area contributed by atoms with Gasteiger partial charge in [0.05, 0.1) is 26.4 Å². The van der Waals surface area contributed by atoms with Gasteiger partial charge < -0.3 is 29.2 Å². The summed E-state index contributed by atoms with van der Waals surface area (Å²) >= 11 is 0. The molecule has 0 saturated heterocycles. The van der Waals surface area contributed by atoms with Crippen LogP contribution in [0.25, 0.3) is 5.57 Å². The lowest BCUT2D eigenvalue weighted by Crippen LogP contribution is -2.20. The van der Waals surface area contributed by atoms with Crippen molar-refractivity contribution >= 4 is 11.4 Å². The van der Waals surface area contributed by atoms with Gasteiger partial charge in [-0.25, -0.2) is 0 Å². The van der Waals surface area contributed by atoms with Crippen molar-refractivity contribution in [3.8, 4) is 23.0 Å². The number of phenolic OH excluding ortho intramolecular Hbond substituents is 1. The number of ether oxygens (including phenoxy) is 4. The molecule has 0 aromatic heterocycles. The summed E-state index contributed by atoms with van der Waals surface area (Å²) in [6.07, 6.45) is 5.18. The number of hydrogen-bond donors (Lipinski definition) is 2. The molecule has 2 heterocycles. The molecule has 39 heavy (non-hydrogen) atoms. The summed E-state index contributed by atoms with van der Waals surface area (Å²) in [6, 6.07) is 19.2. The van der Waals surface area contributed by atoms with E-state index in [0.29, 0.717) is 47.4 Å². The molecule has 0 saturated carbocycles. The number of carbonyl (C=O) groups is 1. The number of ketones is 1. The third kappa shape index (κ3) is 4.42. The highest BCUT2D eigenvalue weighted by Gasteiger charge is 2.30. The molecule has 2 aliphatic heterocycles. The molecule has 3 aromatic carbocycles. The summed E-state index contributed by atoms with van der Waals surface area (Å²) < 4.78 is 23.2. The van der Waals surface area contributed by atoms with Gasteiger partial charge in [0.2, 0.25) is 5.78 Å². The first-order valence-corrected chi connectivity index (χ1v) is 12.5. The van der Waals surface area contributed by atoms with Crippen LogP contribution in [0.4, 0.5) is 0 Å². The zero-order valence-corrected chi connectivity index (χ0v) is 21.4. The van der Waals surface area contributed by atoms with E-state index in [2.05, 4.69) is 6.07 Å². The van der Waals surface area contributed by atoms with Gasteiger partial charge in [0.15, 0.2) is 5.76 Å². The van der Waals surface area contributed by atoms with Crippen LogP contribution in [0.5, 0.6) is 23.0 Å². The SMILES string of the molecule is COC1=CC(=O)C(O)=C/C1=C1\C=C(c2ccccc2)c2cc3c(cc2O1)OCC(c1ccc(OC)cc1O)C3. The van der Waals surface area contributed by atoms with Crippen molar-refractivity contribution in [1.29, 1.82) is 0 Å². The minimum absolute atomic E-state index is 0.0323. The molecule has 196 valence electrons. The van der Waals surface area contributed by atoms with E-state index < -0.39 is 5.78 Å². The summed E-state index contributed by atoms with van der Waals surface area (Å²) in [5.41, 5.74) is 5.04. The second-order valence-electron chi connectivity index (χ2n) is 9.50. The van der Waals surface area contributed by atoms with Gasteiger partial charge in [-0.15, -0.1) is 0 Å². The maximum absolute atomic E-state index is 12.0. The van der Waals surface area contributed by atoms with Gasteiger partial charge in [-0.05, 0) is 47.4 Å². The molecule has 1 atom stereocenters. The fraction of sp³-hybridized carbons (Fsp3) is 0.156. The Morgan fingerprint density at radius 3 is 2.46 bits per heavy atom. The van der Waals surface area contributed by atoms with Gasteiger partial charge in [0, 0.05) is 35.3 Å². The standard InChI is InChI=1S/C32H26O7/c1-36-21-8-9-22(26(33)12-21)20-10-19-11-24-23(18-6-4-3-5-7-18)14-31(39-32(24)16-29(19)38-17-20)25-13-27(34)28(35)15-30(25)37-2/h3-9,11-16,20,33-34H,10,17H2,1-2H3/b31-25-. The minimum Gasteiger partial charge on any atom is -0.508 e. The fourth-order valence-electron chi connectivity index (χ4n) is 5.16. The van der Waals surface area contributed by atoms with E-state index in [1.807, 2.05) is 54.6 Å². The first-order chi connectivity index (χ1) is 18.9. The number of carbonyl (C=O) groups excluding carboxylic acids is 1. The van der Waals surface area contributed by atoms with E-state index in [1.165, 1.54) is 19.3 Å². The number of phenols is 1. The number of fused-ring (bicyclic) bond motifs is 2. The summed E-state index contributed by atoms with van der Waals surface area (Å²) in [5, 5.41) is 20.8. The second-order valence-corrected chi connectivity index (χ2v) is 9.50. The van der Waals surface area contributed by atoms with Crippen LogP contribution in [0.15, 0.2) is 102 Å². The summed E-state index contributed by atoms with van der Waals surface area (Å²) in [7, 11) is 3.04. The van der Waals surface area contributed by atoms with Gasteiger partial charge in [0.1, 0.15) is 34.5 Å². The van der Waals surface area contributed by atoms with E-state index in [-0.39, 0.29) is 17.4 Å². The van der Waals surface area contributed by atoms with E-state index in [4.69, 9.17) is 18.9 Å². The molecule has 0 spiro atoms. The van der Waals surface area contributed by atoms with Crippen LogP contribution in [-0.2, 0) is 16.0 Å². The maximum Gasteiger partial charge on any atom is 0.223 e. The van der Waals surface area contributed by atoms with Crippen LogP contribution in [0.1, 0.15) is 28.2 Å². The molecular weight excluding hydrogens is 496 g/mol. The monoisotopic (exact) mass is 522 g/mol. The Kier molecular flexibility index (Phi) is 6.11. The third-order valence-corrected chi connectivity index (χ3v) is 7.16. The quantitative estimate of drug-likeness (QED) is 0.450. The molecule has 2 N–H and O–H groups in total. The molecule has 3 aliphatic rings. The van der Waals surface area contributed by atoms with Crippen LogP contribution >= 0.6 is 0 Å². The molecular formula is C32H26O7. The minimum atomic E-state index is -0.528. The lowest BCUT2D eigenvalue weighted by molar-refractivity contribution is -0.113. The fourth-order valence-corrected chi connectivity index (χ4v) is 5.16. The molecule has 0 radical (unpaired) electrons. The second kappa shape index (κ2) is 9.76. The van der Waals surface area contributed by atoms with Crippen molar-refractivity contribution < 1.29 is 34.0 Å². The number of rotatable bonds is 4. The number of hydrogen-bond acceptors (Lipinski definition) is 7. The van der Waals surface area contributed by atoms with E-state index in [1.54, 1.807) is 13.2 Å². The molecule has 7 heteroatoms. The highest BCUT2D eigenvalue weighted by atomic mass is 16.5. The summed E-state index contributed by atoms with van der Waals surface area (Å²) in [4.78, 5) is 12.0. The van der Waals surface area contributed by atoms with Crippen molar-refractivity contribution in [3.05, 3.63) is 124 Å². The third-order valence-electron chi connectivity index (χ3n) is 7.16. The Hall–Kier alpha value is -4.91. The van der Waals surface area contributed by atoms with Crippen LogP contribution < -0.4 is 14.2 Å². The van der Waals surface area contributed by atoms with Gasteiger partial charge in [-0.1, -0.05) is 36.4 Å². The van der Waals surface area contributed by atoms with Crippen LogP contribution in [0.2, 0.25) is 0 Å². The van der Waals surface area contributed by atoms with Crippen LogP contribution in [-0.4, -0.2) is 36.8 Å². The predicted octanol–water partition coefficient (Wildman–Crippen LogP) is 5.75. The van der Waals surface area contributed by atoms with E-state index in [0.717, 1.165) is 27.8 Å². The molecule has 1 unspecified atom stereocenters. The Morgan fingerprint density at radius 1 is 0.897 bits per heavy atom. The number of methoxy groups -OCH3 is 2. The Morgan fingerprint density at radius 2 is 1.72 bits per heavy atom. The zero-order chi connectivity index (χ0) is 27.1. The number of aliphatic hydroxyl groups is 1. The van der Waals surface area contributed by atoms with Crippen molar-refractivity contribution in [2.24, 2.45) is 0 Å². The molecule has 7 nitrogen and oxygen atoms in total. The normalized spacial score (nSPS) is 19.9. The first kappa shape index (κ1) is 24.4. The Balaban J connectivity index is 1.45.